The first kappa shape index (κ1) is 9.47. The van der Waals surface area contributed by atoms with Crippen LogP contribution in [0.5, 0.6) is 0 Å². The molecule has 0 aliphatic rings. The van der Waals surface area contributed by atoms with Crippen molar-refractivity contribution in [1.82, 2.24) is 0 Å². The summed E-state index contributed by atoms with van der Waals surface area (Å²) in [7, 11) is 0. The van der Waals surface area contributed by atoms with Crippen LogP contribution in [0.4, 0.5) is 0 Å². The van der Waals surface area contributed by atoms with Gasteiger partial charge in [0.2, 0.25) is 0 Å². The molecule has 0 amide bonds. The molecule has 0 saturated heterocycles. The van der Waals surface area contributed by atoms with E-state index in [2.05, 4.69) is 11.9 Å². The van der Waals surface area contributed by atoms with Gasteiger partial charge in [0, 0.05) is 6.54 Å². The Hall–Kier alpha value is -0.530. The van der Waals surface area contributed by atoms with E-state index in [-0.39, 0.29) is 0 Å². The maximum Gasteiger partial charge on any atom is 0.0797 e. The lowest BCUT2D eigenvalue weighted by Gasteiger charge is -1.94. The molecular weight excluding hydrogens is 124 g/mol. The van der Waals surface area contributed by atoms with E-state index >= 15 is 0 Å². The van der Waals surface area contributed by atoms with Crippen molar-refractivity contribution in [2.45, 2.75) is 39.0 Å². The summed E-state index contributed by atoms with van der Waals surface area (Å²) in [5.74, 6) is 0. The molecule has 0 bridgehead atoms. The molecule has 0 saturated carbocycles. The SMILES string of the molecule is CCCCCCCN=CN. The number of nitrogens with zero attached hydrogens (tertiary/aromatic N) is 1. The van der Waals surface area contributed by atoms with Crippen LogP contribution in [0, 0.1) is 0 Å². The van der Waals surface area contributed by atoms with Crippen LogP contribution in [-0.2, 0) is 0 Å². The second-order valence-corrected chi connectivity index (χ2v) is 2.47. The van der Waals surface area contributed by atoms with Gasteiger partial charge in [-0.15, -0.1) is 0 Å². The predicted octanol–water partition coefficient (Wildman–Crippen LogP) is 1.94. The molecule has 0 spiro atoms. The fraction of sp³-hybridized carbons (Fsp3) is 0.875. The standard InChI is InChI=1S/C8H18N2/c1-2-3-4-5-6-7-10-8-9/h8H,2-7H2,1H3,(H2,9,10). The van der Waals surface area contributed by atoms with Gasteiger partial charge in [-0.25, -0.2) is 0 Å². The average molecular weight is 142 g/mol. The van der Waals surface area contributed by atoms with Crippen molar-refractivity contribution >= 4 is 6.34 Å². The zero-order valence-corrected chi connectivity index (χ0v) is 6.84. The molecule has 0 fully saturated rings. The quantitative estimate of drug-likeness (QED) is 0.343. The van der Waals surface area contributed by atoms with Crippen LogP contribution < -0.4 is 5.73 Å². The van der Waals surface area contributed by atoms with Crippen molar-refractivity contribution in [2.75, 3.05) is 6.54 Å². The maximum absolute atomic E-state index is 5.08. The largest absolute Gasteiger partial charge is 0.390 e. The Balaban J connectivity index is 2.77. The highest BCUT2D eigenvalue weighted by Gasteiger charge is 1.85. The second-order valence-electron chi connectivity index (χ2n) is 2.47. The summed E-state index contributed by atoms with van der Waals surface area (Å²) in [6.07, 6.45) is 7.88. The van der Waals surface area contributed by atoms with E-state index in [4.69, 9.17) is 5.73 Å². The minimum Gasteiger partial charge on any atom is -0.390 e. The Morgan fingerprint density at radius 3 is 2.50 bits per heavy atom. The van der Waals surface area contributed by atoms with Crippen LogP contribution in [0.25, 0.3) is 0 Å². The molecule has 2 N–H and O–H groups in total. The Labute approximate surface area is 63.5 Å². The van der Waals surface area contributed by atoms with E-state index in [1.54, 1.807) is 0 Å². The van der Waals surface area contributed by atoms with Crippen LogP contribution in [0.1, 0.15) is 39.0 Å². The molecule has 10 heavy (non-hydrogen) atoms. The molecular formula is C8H18N2. The van der Waals surface area contributed by atoms with Crippen LogP contribution in [-0.4, -0.2) is 12.9 Å². The van der Waals surface area contributed by atoms with E-state index in [1.807, 2.05) is 0 Å². The zero-order valence-electron chi connectivity index (χ0n) is 6.84. The third-order valence-electron chi connectivity index (χ3n) is 1.50. The summed E-state index contributed by atoms with van der Waals surface area (Å²) in [6, 6.07) is 0. The lowest BCUT2D eigenvalue weighted by molar-refractivity contribution is 0.639. The third-order valence-corrected chi connectivity index (χ3v) is 1.50. The first-order chi connectivity index (χ1) is 4.91. The first-order valence-corrected chi connectivity index (χ1v) is 4.11. The molecule has 0 radical (unpaired) electrons. The highest BCUT2D eigenvalue weighted by atomic mass is 14.8. The Bertz CT molecular complexity index is 79.3. The minimum absolute atomic E-state index is 0.903. The molecule has 0 rings (SSSR count). The molecule has 0 aromatic rings. The van der Waals surface area contributed by atoms with E-state index < -0.39 is 0 Å². The Morgan fingerprint density at radius 1 is 1.20 bits per heavy atom. The van der Waals surface area contributed by atoms with Gasteiger partial charge in [0.1, 0.15) is 0 Å². The van der Waals surface area contributed by atoms with Crippen molar-refractivity contribution in [3.05, 3.63) is 0 Å². The predicted molar refractivity (Wildman–Crippen MR) is 46.3 cm³/mol. The molecule has 0 aromatic carbocycles. The number of nitrogens with two attached hydrogens (primary N) is 1. The highest BCUT2D eigenvalue weighted by Crippen LogP contribution is 2.01. The second kappa shape index (κ2) is 8.47. The van der Waals surface area contributed by atoms with Gasteiger partial charge in [0.25, 0.3) is 0 Å². The van der Waals surface area contributed by atoms with Gasteiger partial charge in [-0.2, -0.15) is 0 Å². The van der Waals surface area contributed by atoms with E-state index in [0.29, 0.717) is 0 Å². The number of rotatable bonds is 6. The average Bonchev–Trinajstić information content (AvgIpc) is 1.97. The molecule has 0 atom stereocenters. The summed E-state index contributed by atoms with van der Waals surface area (Å²) >= 11 is 0. The fourth-order valence-corrected chi connectivity index (χ4v) is 0.881. The van der Waals surface area contributed by atoms with Gasteiger partial charge in [-0.3, -0.25) is 4.99 Å². The molecule has 2 nitrogen and oxygen atoms in total. The van der Waals surface area contributed by atoms with Crippen LogP contribution in [0.15, 0.2) is 4.99 Å². The molecule has 0 aliphatic carbocycles. The van der Waals surface area contributed by atoms with E-state index in [9.17, 15) is 0 Å². The first-order valence-electron chi connectivity index (χ1n) is 4.11. The van der Waals surface area contributed by atoms with E-state index in [0.717, 1.165) is 6.54 Å². The van der Waals surface area contributed by atoms with Gasteiger partial charge >= 0.3 is 0 Å². The maximum atomic E-state index is 5.08. The lowest BCUT2D eigenvalue weighted by Crippen LogP contribution is -1.90. The topological polar surface area (TPSA) is 38.4 Å². The number of unbranched alkanes of at least 4 members (excludes halogenated alkanes) is 4. The fourth-order valence-electron chi connectivity index (χ4n) is 0.881. The van der Waals surface area contributed by atoms with Gasteiger partial charge in [0.05, 0.1) is 6.34 Å². The van der Waals surface area contributed by atoms with Gasteiger partial charge in [-0.1, -0.05) is 32.6 Å². The van der Waals surface area contributed by atoms with Crippen molar-refractivity contribution in [1.29, 1.82) is 0 Å². The van der Waals surface area contributed by atoms with Crippen LogP contribution in [0.2, 0.25) is 0 Å². The summed E-state index contributed by atoms with van der Waals surface area (Å²) in [6.45, 7) is 3.12. The lowest BCUT2D eigenvalue weighted by atomic mass is 10.2. The third kappa shape index (κ3) is 7.47. The number of aliphatic imine (C=N–C) groups is 1. The zero-order chi connectivity index (χ0) is 7.66. The summed E-state index contributed by atoms with van der Waals surface area (Å²) in [4.78, 5) is 3.92. The van der Waals surface area contributed by atoms with Crippen LogP contribution in [0.3, 0.4) is 0 Å². The van der Waals surface area contributed by atoms with Gasteiger partial charge in [0.15, 0.2) is 0 Å². The molecule has 0 heterocycles. The number of hydrogen-bond acceptors (Lipinski definition) is 1. The van der Waals surface area contributed by atoms with E-state index in [1.165, 1.54) is 38.4 Å². The summed E-state index contributed by atoms with van der Waals surface area (Å²) in [5.41, 5.74) is 5.08. The normalized spacial score (nSPS) is 10.9. The molecule has 0 aromatic heterocycles. The van der Waals surface area contributed by atoms with Crippen LogP contribution >= 0.6 is 0 Å². The van der Waals surface area contributed by atoms with Crippen molar-refractivity contribution < 1.29 is 0 Å². The van der Waals surface area contributed by atoms with Crippen molar-refractivity contribution in [2.24, 2.45) is 10.7 Å². The molecule has 0 unspecified atom stereocenters. The highest BCUT2D eigenvalue weighted by molar-refractivity contribution is 5.50. The smallest absolute Gasteiger partial charge is 0.0797 e. The Kier molecular flexibility index (Phi) is 8.02. The van der Waals surface area contributed by atoms with Gasteiger partial charge < -0.3 is 5.73 Å². The molecule has 0 aliphatic heterocycles. The molecule has 60 valence electrons. The Morgan fingerprint density at radius 2 is 1.90 bits per heavy atom. The summed E-state index contributed by atoms with van der Waals surface area (Å²) in [5, 5.41) is 0. The van der Waals surface area contributed by atoms with Crippen molar-refractivity contribution in [3.8, 4) is 0 Å². The summed E-state index contributed by atoms with van der Waals surface area (Å²) < 4.78 is 0. The molecule has 2 heteroatoms. The monoisotopic (exact) mass is 142 g/mol. The number of hydrogen-bond donors (Lipinski definition) is 1. The van der Waals surface area contributed by atoms with Crippen molar-refractivity contribution in [3.63, 3.8) is 0 Å². The minimum atomic E-state index is 0.903. The van der Waals surface area contributed by atoms with Gasteiger partial charge in [-0.05, 0) is 6.42 Å².